The molecule has 4 nitrogen and oxygen atoms in total. The minimum atomic E-state index is -1.00. The zero-order valence-electron chi connectivity index (χ0n) is 12.6. The molecule has 0 saturated carbocycles. The molecule has 1 amide bonds. The number of rotatable bonds is 2. The van der Waals surface area contributed by atoms with Crippen molar-refractivity contribution in [3.05, 3.63) is 47.5 Å². The lowest BCUT2D eigenvalue weighted by molar-refractivity contribution is 0.0697. The third-order valence-electron chi connectivity index (χ3n) is 4.44. The van der Waals surface area contributed by atoms with Crippen LogP contribution in [-0.2, 0) is 0 Å². The third-order valence-corrected chi connectivity index (χ3v) is 4.44. The predicted molar refractivity (Wildman–Crippen MR) is 85.2 cm³/mol. The van der Waals surface area contributed by atoms with E-state index < -0.39 is 5.97 Å². The molecule has 1 aliphatic rings. The van der Waals surface area contributed by atoms with Gasteiger partial charge in [-0.05, 0) is 36.3 Å². The van der Waals surface area contributed by atoms with Gasteiger partial charge in [-0.3, -0.25) is 4.79 Å². The molecule has 1 aliphatic heterocycles. The molecule has 22 heavy (non-hydrogen) atoms. The lowest BCUT2D eigenvalue weighted by Crippen LogP contribution is -2.38. The number of amides is 1. The third kappa shape index (κ3) is 2.56. The van der Waals surface area contributed by atoms with Crippen molar-refractivity contribution in [3.63, 3.8) is 0 Å². The van der Waals surface area contributed by atoms with E-state index in [0.717, 1.165) is 31.3 Å². The number of fused-ring (bicyclic) bond motifs is 1. The molecule has 2 aromatic rings. The van der Waals surface area contributed by atoms with Gasteiger partial charge in [0.05, 0.1) is 5.56 Å². The first kappa shape index (κ1) is 14.6. The quantitative estimate of drug-likeness (QED) is 0.924. The van der Waals surface area contributed by atoms with Crippen molar-refractivity contribution < 1.29 is 14.7 Å². The molecule has 1 heterocycles. The van der Waals surface area contributed by atoms with Gasteiger partial charge in [-0.25, -0.2) is 4.79 Å². The van der Waals surface area contributed by atoms with Gasteiger partial charge in [0.25, 0.3) is 5.91 Å². The molecule has 1 fully saturated rings. The Hall–Kier alpha value is -2.36. The maximum absolute atomic E-state index is 12.8. The number of carboxylic acids is 1. The van der Waals surface area contributed by atoms with Crippen molar-refractivity contribution in [2.75, 3.05) is 13.1 Å². The average molecular weight is 297 g/mol. The van der Waals surface area contributed by atoms with E-state index in [1.165, 1.54) is 0 Å². The molecule has 1 saturated heterocycles. The van der Waals surface area contributed by atoms with Gasteiger partial charge in [0, 0.05) is 24.0 Å². The van der Waals surface area contributed by atoms with Crippen molar-refractivity contribution in [1.82, 2.24) is 4.90 Å². The normalized spacial score (nSPS) is 16.0. The summed E-state index contributed by atoms with van der Waals surface area (Å²) in [6.45, 7) is 3.68. The van der Waals surface area contributed by atoms with Crippen LogP contribution in [0.15, 0.2) is 36.4 Å². The van der Waals surface area contributed by atoms with Crippen LogP contribution in [-0.4, -0.2) is 35.0 Å². The SMILES string of the molecule is CC1CCN(C(=O)c2cccc3cccc(C(=O)O)c23)CC1. The van der Waals surface area contributed by atoms with E-state index in [0.29, 0.717) is 16.9 Å². The first-order valence-electron chi connectivity index (χ1n) is 7.62. The van der Waals surface area contributed by atoms with Crippen molar-refractivity contribution in [3.8, 4) is 0 Å². The van der Waals surface area contributed by atoms with Crippen LogP contribution in [0.1, 0.15) is 40.5 Å². The zero-order chi connectivity index (χ0) is 15.7. The number of carboxylic acid groups (broad SMARTS) is 1. The summed E-state index contributed by atoms with van der Waals surface area (Å²) in [7, 11) is 0. The van der Waals surface area contributed by atoms with E-state index in [2.05, 4.69) is 6.92 Å². The number of carbonyl (C=O) groups is 2. The Morgan fingerprint density at radius 3 is 2.23 bits per heavy atom. The summed E-state index contributed by atoms with van der Waals surface area (Å²) in [4.78, 5) is 26.2. The Balaban J connectivity index is 2.07. The van der Waals surface area contributed by atoms with Crippen LogP contribution < -0.4 is 0 Å². The second-order valence-electron chi connectivity index (χ2n) is 5.99. The number of nitrogens with zero attached hydrogens (tertiary/aromatic N) is 1. The van der Waals surface area contributed by atoms with Gasteiger partial charge in [0.15, 0.2) is 0 Å². The van der Waals surface area contributed by atoms with Gasteiger partial charge in [-0.15, -0.1) is 0 Å². The molecule has 0 atom stereocenters. The second kappa shape index (κ2) is 5.79. The number of hydrogen-bond acceptors (Lipinski definition) is 2. The van der Waals surface area contributed by atoms with Crippen LogP contribution >= 0.6 is 0 Å². The minimum absolute atomic E-state index is 0.0637. The van der Waals surface area contributed by atoms with Crippen molar-refractivity contribution in [1.29, 1.82) is 0 Å². The van der Waals surface area contributed by atoms with E-state index in [1.54, 1.807) is 18.2 Å². The standard InChI is InChI=1S/C18H19NO3/c1-12-8-10-19(11-9-12)17(20)14-6-2-4-13-5-3-7-15(16(13)14)18(21)22/h2-7,12H,8-11H2,1H3,(H,21,22). The van der Waals surface area contributed by atoms with E-state index in [1.807, 2.05) is 23.1 Å². The van der Waals surface area contributed by atoms with E-state index in [4.69, 9.17) is 0 Å². The first-order chi connectivity index (χ1) is 10.6. The largest absolute Gasteiger partial charge is 0.478 e. The molecule has 1 N–H and O–H groups in total. The number of carbonyl (C=O) groups excluding carboxylic acids is 1. The first-order valence-corrected chi connectivity index (χ1v) is 7.62. The monoisotopic (exact) mass is 297 g/mol. The molecule has 114 valence electrons. The van der Waals surface area contributed by atoms with Crippen LogP contribution in [0.2, 0.25) is 0 Å². The molecule has 3 rings (SSSR count). The maximum atomic E-state index is 12.8. The minimum Gasteiger partial charge on any atom is -0.478 e. The second-order valence-corrected chi connectivity index (χ2v) is 5.99. The highest BCUT2D eigenvalue weighted by molar-refractivity contribution is 6.14. The van der Waals surface area contributed by atoms with Gasteiger partial charge in [0.1, 0.15) is 0 Å². The highest BCUT2D eigenvalue weighted by atomic mass is 16.4. The van der Waals surface area contributed by atoms with Gasteiger partial charge in [-0.2, -0.15) is 0 Å². The molecule has 0 bridgehead atoms. The van der Waals surface area contributed by atoms with Gasteiger partial charge >= 0.3 is 5.97 Å². The fraction of sp³-hybridized carbons (Fsp3) is 0.333. The molecule has 0 radical (unpaired) electrons. The summed E-state index contributed by atoms with van der Waals surface area (Å²) < 4.78 is 0. The Morgan fingerprint density at radius 2 is 1.64 bits per heavy atom. The molecule has 2 aromatic carbocycles. The van der Waals surface area contributed by atoms with E-state index in [9.17, 15) is 14.7 Å². The summed E-state index contributed by atoms with van der Waals surface area (Å²) in [5.41, 5.74) is 0.678. The van der Waals surface area contributed by atoms with Crippen LogP contribution in [0, 0.1) is 5.92 Å². The summed E-state index contributed by atoms with van der Waals surface area (Å²) in [5.74, 6) is -0.421. The Kier molecular flexibility index (Phi) is 3.84. The fourth-order valence-corrected chi connectivity index (χ4v) is 3.08. The lowest BCUT2D eigenvalue weighted by Gasteiger charge is -2.30. The smallest absolute Gasteiger partial charge is 0.336 e. The molecule has 4 heteroatoms. The number of piperidine rings is 1. The Labute approximate surface area is 129 Å². The highest BCUT2D eigenvalue weighted by Crippen LogP contribution is 2.26. The lowest BCUT2D eigenvalue weighted by atomic mass is 9.96. The summed E-state index contributed by atoms with van der Waals surface area (Å²) in [6, 6.07) is 10.5. The topological polar surface area (TPSA) is 57.6 Å². The van der Waals surface area contributed by atoms with Crippen LogP contribution in [0.5, 0.6) is 0 Å². The summed E-state index contributed by atoms with van der Waals surface area (Å²) in [5, 5.41) is 10.7. The van der Waals surface area contributed by atoms with Gasteiger partial charge in [-0.1, -0.05) is 31.2 Å². The van der Waals surface area contributed by atoms with Crippen molar-refractivity contribution >= 4 is 22.6 Å². The summed E-state index contributed by atoms with van der Waals surface area (Å²) >= 11 is 0. The Morgan fingerprint density at radius 1 is 1.05 bits per heavy atom. The van der Waals surface area contributed by atoms with Crippen LogP contribution in [0.4, 0.5) is 0 Å². The molecular formula is C18H19NO3. The van der Waals surface area contributed by atoms with Crippen molar-refractivity contribution in [2.45, 2.75) is 19.8 Å². The Bertz CT molecular complexity index is 725. The highest BCUT2D eigenvalue weighted by Gasteiger charge is 2.24. The molecular weight excluding hydrogens is 278 g/mol. The maximum Gasteiger partial charge on any atom is 0.336 e. The van der Waals surface area contributed by atoms with Crippen molar-refractivity contribution in [2.24, 2.45) is 5.92 Å². The number of aromatic carboxylic acids is 1. The number of likely N-dealkylation sites (tertiary alicyclic amines) is 1. The molecule has 0 spiro atoms. The average Bonchev–Trinajstić information content (AvgIpc) is 2.53. The van der Waals surface area contributed by atoms with E-state index >= 15 is 0 Å². The van der Waals surface area contributed by atoms with Crippen LogP contribution in [0.3, 0.4) is 0 Å². The number of hydrogen-bond donors (Lipinski definition) is 1. The van der Waals surface area contributed by atoms with E-state index in [-0.39, 0.29) is 11.5 Å². The fourth-order valence-electron chi connectivity index (χ4n) is 3.08. The predicted octanol–water partition coefficient (Wildman–Crippen LogP) is 3.41. The molecule has 0 unspecified atom stereocenters. The number of benzene rings is 2. The zero-order valence-corrected chi connectivity index (χ0v) is 12.6. The van der Waals surface area contributed by atoms with Crippen LogP contribution in [0.25, 0.3) is 10.8 Å². The molecule has 0 aliphatic carbocycles. The van der Waals surface area contributed by atoms with Gasteiger partial charge in [0.2, 0.25) is 0 Å². The summed E-state index contributed by atoms with van der Waals surface area (Å²) in [6.07, 6.45) is 2.00. The van der Waals surface area contributed by atoms with Gasteiger partial charge < -0.3 is 10.0 Å². The molecule has 0 aromatic heterocycles.